The second-order valence-corrected chi connectivity index (χ2v) is 2.96. The van der Waals surface area contributed by atoms with Crippen LogP contribution in [0.25, 0.3) is 11.3 Å². The van der Waals surface area contributed by atoms with Gasteiger partial charge in [-0.25, -0.2) is 4.98 Å². The predicted octanol–water partition coefficient (Wildman–Crippen LogP) is 1.14. The zero-order chi connectivity index (χ0) is 9.97. The summed E-state index contributed by atoms with van der Waals surface area (Å²) in [7, 11) is 0. The topological polar surface area (TPSA) is 58.6 Å². The van der Waals surface area contributed by atoms with Crippen LogP contribution in [0, 0.1) is 6.92 Å². The van der Waals surface area contributed by atoms with Crippen LogP contribution < -0.4 is 5.56 Å². The second kappa shape index (κ2) is 3.41. The Kier molecular flexibility index (Phi) is 2.10. The Morgan fingerprint density at radius 2 is 2.14 bits per heavy atom. The number of pyridine rings is 1. The summed E-state index contributed by atoms with van der Waals surface area (Å²) in [6.45, 7) is 1.90. The Labute approximate surface area is 80.7 Å². The number of hydrogen-bond acceptors (Lipinski definition) is 3. The van der Waals surface area contributed by atoms with E-state index >= 15 is 0 Å². The molecule has 0 fully saturated rings. The molecule has 0 bridgehead atoms. The molecule has 0 amide bonds. The maximum Gasteiger partial charge on any atom is 0.274 e. The van der Waals surface area contributed by atoms with Crippen LogP contribution in [-0.2, 0) is 0 Å². The van der Waals surface area contributed by atoms with E-state index in [1.807, 2.05) is 19.1 Å². The molecule has 2 rings (SSSR count). The summed E-state index contributed by atoms with van der Waals surface area (Å²) in [5, 5.41) is 0. The molecular weight excluding hydrogens is 178 g/mol. The number of rotatable bonds is 1. The normalized spacial score (nSPS) is 10.1. The van der Waals surface area contributed by atoms with Crippen molar-refractivity contribution in [2.24, 2.45) is 0 Å². The fourth-order valence-electron chi connectivity index (χ4n) is 1.17. The number of aryl methyl sites for hydroxylation is 1. The summed E-state index contributed by atoms with van der Waals surface area (Å²) in [6.07, 6.45) is 4.71. The predicted molar refractivity (Wildman–Crippen MR) is 52.8 cm³/mol. The monoisotopic (exact) mass is 187 g/mol. The van der Waals surface area contributed by atoms with Crippen molar-refractivity contribution in [1.29, 1.82) is 0 Å². The highest BCUT2D eigenvalue weighted by Crippen LogP contribution is 2.10. The van der Waals surface area contributed by atoms with Crippen molar-refractivity contribution < 1.29 is 0 Å². The lowest BCUT2D eigenvalue weighted by Gasteiger charge is -1.98. The van der Waals surface area contributed by atoms with Gasteiger partial charge in [0.1, 0.15) is 5.69 Å². The van der Waals surface area contributed by atoms with E-state index in [1.165, 1.54) is 6.20 Å². The van der Waals surface area contributed by atoms with Crippen LogP contribution in [0.15, 0.2) is 35.5 Å². The average Bonchev–Trinajstić information content (AvgIpc) is 2.20. The lowest BCUT2D eigenvalue weighted by atomic mass is 10.2. The third kappa shape index (κ3) is 1.54. The van der Waals surface area contributed by atoms with E-state index in [2.05, 4.69) is 15.0 Å². The molecule has 0 radical (unpaired) electrons. The molecule has 0 aliphatic rings. The molecule has 4 nitrogen and oxygen atoms in total. The van der Waals surface area contributed by atoms with Crippen molar-refractivity contribution >= 4 is 0 Å². The summed E-state index contributed by atoms with van der Waals surface area (Å²) < 4.78 is 0. The Hall–Kier alpha value is -1.97. The van der Waals surface area contributed by atoms with E-state index in [0.29, 0.717) is 5.69 Å². The average molecular weight is 187 g/mol. The lowest BCUT2D eigenvalue weighted by Crippen LogP contribution is -2.09. The Morgan fingerprint density at radius 1 is 1.29 bits per heavy atom. The third-order valence-corrected chi connectivity index (χ3v) is 1.89. The largest absolute Gasteiger partial charge is 0.326 e. The van der Waals surface area contributed by atoms with Crippen LogP contribution >= 0.6 is 0 Å². The summed E-state index contributed by atoms with van der Waals surface area (Å²) in [4.78, 5) is 22.0. The van der Waals surface area contributed by atoms with E-state index in [-0.39, 0.29) is 5.56 Å². The number of nitrogens with zero attached hydrogens (tertiary/aromatic N) is 2. The molecule has 14 heavy (non-hydrogen) atoms. The molecule has 4 heteroatoms. The zero-order valence-corrected chi connectivity index (χ0v) is 7.69. The van der Waals surface area contributed by atoms with E-state index in [9.17, 15) is 4.79 Å². The molecule has 0 aliphatic carbocycles. The smallest absolute Gasteiger partial charge is 0.274 e. The van der Waals surface area contributed by atoms with Crippen LogP contribution in [0.3, 0.4) is 0 Å². The molecule has 0 aromatic carbocycles. The first-order valence-electron chi connectivity index (χ1n) is 4.24. The van der Waals surface area contributed by atoms with E-state index in [0.717, 1.165) is 11.3 Å². The van der Waals surface area contributed by atoms with E-state index < -0.39 is 0 Å². The van der Waals surface area contributed by atoms with Gasteiger partial charge in [0.25, 0.3) is 5.56 Å². The van der Waals surface area contributed by atoms with Gasteiger partial charge >= 0.3 is 0 Å². The fraction of sp³-hybridized carbons (Fsp3) is 0.100. The molecule has 70 valence electrons. The highest BCUT2D eigenvalue weighted by Gasteiger charge is 2.02. The molecule has 2 aromatic heterocycles. The van der Waals surface area contributed by atoms with Crippen molar-refractivity contribution in [2.45, 2.75) is 6.92 Å². The first kappa shape index (κ1) is 8.62. The third-order valence-electron chi connectivity index (χ3n) is 1.89. The van der Waals surface area contributed by atoms with Gasteiger partial charge in [-0.05, 0) is 19.1 Å². The fourth-order valence-corrected chi connectivity index (χ4v) is 1.17. The molecule has 2 heterocycles. The number of aromatic nitrogens is 3. The SMILES string of the molecule is Cc1ccc(-c2ncc[nH]c2=O)cn1. The van der Waals surface area contributed by atoms with Gasteiger partial charge in [-0.15, -0.1) is 0 Å². The quantitative estimate of drug-likeness (QED) is 0.728. The van der Waals surface area contributed by atoms with Crippen LogP contribution in [0.2, 0.25) is 0 Å². The molecule has 0 saturated heterocycles. The number of nitrogens with one attached hydrogen (secondary N) is 1. The van der Waals surface area contributed by atoms with Gasteiger partial charge in [-0.2, -0.15) is 0 Å². The molecule has 0 saturated carbocycles. The molecule has 1 N–H and O–H groups in total. The van der Waals surface area contributed by atoms with Crippen LogP contribution in [0.5, 0.6) is 0 Å². The summed E-state index contributed by atoms with van der Waals surface area (Å²) in [5.41, 5.74) is 1.86. The number of aromatic amines is 1. The van der Waals surface area contributed by atoms with Crippen molar-refractivity contribution in [3.05, 3.63) is 46.8 Å². The lowest BCUT2D eigenvalue weighted by molar-refractivity contribution is 1.13. The molecule has 0 spiro atoms. The standard InChI is InChI=1S/C10H9N3O/c1-7-2-3-8(6-13-7)9-10(14)12-5-4-11-9/h2-6H,1H3,(H,12,14). The van der Waals surface area contributed by atoms with Gasteiger partial charge in [-0.3, -0.25) is 9.78 Å². The van der Waals surface area contributed by atoms with Gasteiger partial charge in [0.05, 0.1) is 0 Å². The van der Waals surface area contributed by atoms with Gasteiger partial charge in [0.2, 0.25) is 0 Å². The van der Waals surface area contributed by atoms with Gasteiger partial charge in [-0.1, -0.05) is 0 Å². The van der Waals surface area contributed by atoms with Crippen molar-refractivity contribution in [3.63, 3.8) is 0 Å². The van der Waals surface area contributed by atoms with Gasteiger partial charge in [0.15, 0.2) is 0 Å². The van der Waals surface area contributed by atoms with Crippen LogP contribution in [-0.4, -0.2) is 15.0 Å². The highest BCUT2D eigenvalue weighted by molar-refractivity contribution is 5.56. The van der Waals surface area contributed by atoms with Crippen LogP contribution in [0.1, 0.15) is 5.69 Å². The van der Waals surface area contributed by atoms with Crippen molar-refractivity contribution in [3.8, 4) is 11.3 Å². The second-order valence-electron chi connectivity index (χ2n) is 2.96. The molecule has 0 atom stereocenters. The summed E-state index contributed by atoms with van der Waals surface area (Å²) >= 11 is 0. The van der Waals surface area contributed by atoms with E-state index in [4.69, 9.17) is 0 Å². The van der Waals surface area contributed by atoms with Crippen LogP contribution in [0.4, 0.5) is 0 Å². The number of H-pyrrole nitrogens is 1. The Bertz CT molecular complexity index is 487. The van der Waals surface area contributed by atoms with Crippen molar-refractivity contribution in [2.75, 3.05) is 0 Å². The Balaban J connectivity index is 2.56. The first-order valence-corrected chi connectivity index (χ1v) is 4.24. The maximum atomic E-state index is 11.4. The minimum atomic E-state index is -0.196. The Morgan fingerprint density at radius 3 is 2.79 bits per heavy atom. The van der Waals surface area contributed by atoms with Crippen molar-refractivity contribution in [1.82, 2.24) is 15.0 Å². The van der Waals surface area contributed by atoms with Gasteiger partial charge < -0.3 is 4.98 Å². The minimum absolute atomic E-state index is 0.196. The molecule has 0 aliphatic heterocycles. The molecular formula is C10H9N3O. The van der Waals surface area contributed by atoms with E-state index in [1.54, 1.807) is 12.4 Å². The molecule has 0 unspecified atom stereocenters. The van der Waals surface area contributed by atoms with Gasteiger partial charge in [0, 0.05) is 29.8 Å². The maximum absolute atomic E-state index is 11.4. The first-order chi connectivity index (χ1) is 6.77. The highest BCUT2D eigenvalue weighted by atomic mass is 16.1. The molecule has 2 aromatic rings. The summed E-state index contributed by atoms with van der Waals surface area (Å²) in [5.74, 6) is 0. The summed E-state index contributed by atoms with van der Waals surface area (Å²) in [6, 6.07) is 3.68. The zero-order valence-electron chi connectivity index (χ0n) is 7.69. The minimum Gasteiger partial charge on any atom is -0.326 e. The number of hydrogen-bond donors (Lipinski definition) is 1.